The van der Waals surface area contributed by atoms with Crippen LogP contribution in [0.5, 0.6) is 0 Å². The summed E-state index contributed by atoms with van der Waals surface area (Å²) in [7, 11) is -3.78. The molecule has 0 saturated carbocycles. The van der Waals surface area contributed by atoms with Gasteiger partial charge < -0.3 is 4.42 Å². The second-order valence-corrected chi connectivity index (χ2v) is 5.88. The Morgan fingerprint density at radius 3 is 2.35 bits per heavy atom. The third-order valence-corrected chi connectivity index (χ3v) is 3.90. The second-order valence-electron chi connectivity index (χ2n) is 4.20. The lowest BCUT2D eigenvalue weighted by molar-refractivity contribution is 0.0943. The van der Waals surface area contributed by atoms with Gasteiger partial charge in [0.05, 0.1) is 10.5 Å². The molecule has 7 heteroatoms. The Bertz CT molecular complexity index is 720. The van der Waals surface area contributed by atoms with Crippen molar-refractivity contribution in [3.63, 3.8) is 0 Å². The van der Waals surface area contributed by atoms with Gasteiger partial charge in [-0.25, -0.2) is 8.42 Å². The van der Waals surface area contributed by atoms with Crippen LogP contribution in [0.4, 0.5) is 0 Å². The van der Waals surface area contributed by atoms with Crippen molar-refractivity contribution in [2.45, 2.75) is 18.7 Å². The molecule has 0 aliphatic rings. The minimum atomic E-state index is -3.78. The van der Waals surface area contributed by atoms with Crippen molar-refractivity contribution in [3.8, 4) is 0 Å². The first-order valence-electron chi connectivity index (χ1n) is 5.84. The fourth-order valence-corrected chi connectivity index (χ4v) is 2.56. The lowest BCUT2D eigenvalue weighted by atomic mass is 10.2. The largest absolute Gasteiger partial charge is 0.466 e. The zero-order valence-electron chi connectivity index (χ0n) is 11.0. The van der Waals surface area contributed by atoms with Gasteiger partial charge in [0.25, 0.3) is 15.9 Å². The van der Waals surface area contributed by atoms with Crippen molar-refractivity contribution in [2.75, 3.05) is 0 Å². The van der Waals surface area contributed by atoms with Crippen LogP contribution >= 0.6 is 0 Å². The van der Waals surface area contributed by atoms with Crippen LogP contribution in [0.3, 0.4) is 0 Å². The minimum absolute atomic E-state index is 0.0698. The quantitative estimate of drug-likeness (QED) is 0.837. The monoisotopic (exact) mass is 294 g/mol. The van der Waals surface area contributed by atoms with Crippen LogP contribution in [0.25, 0.3) is 0 Å². The Labute approximate surface area is 116 Å². The molecule has 2 aromatic rings. The molecule has 0 saturated heterocycles. The van der Waals surface area contributed by atoms with E-state index in [0.717, 1.165) is 0 Å². The number of hydrazine groups is 1. The number of rotatable bonds is 4. The predicted molar refractivity (Wildman–Crippen MR) is 72.4 cm³/mol. The van der Waals surface area contributed by atoms with Crippen molar-refractivity contribution >= 4 is 15.9 Å². The van der Waals surface area contributed by atoms with Gasteiger partial charge in [0.1, 0.15) is 11.5 Å². The Morgan fingerprint density at radius 1 is 1.15 bits per heavy atom. The molecule has 6 nitrogen and oxygen atoms in total. The fourth-order valence-electron chi connectivity index (χ4n) is 1.70. The first-order valence-corrected chi connectivity index (χ1v) is 7.33. The second kappa shape index (κ2) is 5.48. The van der Waals surface area contributed by atoms with Gasteiger partial charge in [-0.3, -0.25) is 10.2 Å². The number of carbonyl (C=O) groups is 1. The number of sulfonamides is 1. The molecule has 0 bridgehead atoms. The smallest absolute Gasteiger partial charge is 0.269 e. The van der Waals surface area contributed by atoms with Crippen LogP contribution in [0.1, 0.15) is 21.9 Å². The maximum absolute atomic E-state index is 11.9. The summed E-state index contributed by atoms with van der Waals surface area (Å²) in [6.07, 6.45) is 0. The van der Waals surface area contributed by atoms with E-state index in [1.807, 2.05) is 4.83 Å². The van der Waals surface area contributed by atoms with Gasteiger partial charge in [-0.05, 0) is 32.0 Å². The van der Waals surface area contributed by atoms with E-state index in [9.17, 15) is 13.2 Å². The van der Waals surface area contributed by atoms with Crippen LogP contribution in [0, 0.1) is 13.8 Å². The lowest BCUT2D eigenvalue weighted by Crippen LogP contribution is -2.41. The van der Waals surface area contributed by atoms with Crippen molar-refractivity contribution < 1.29 is 17.6 Å². The first kappa shape index (κ1) is 14.3. The summed E-state index contributed by atoms with van der Waals surface area (Å²) in [5.74, 6) is 0.441. The molecule has 0 aliphatic carbocycles. The van der Waals surface area contributed by atoms with E-state index in [2.05, 4.69) is 5.43 Å². The number of aryl methyl sites for hydroxylation is 2. The molecular weight excluding hydrogens is 280 g/mol. The van der Waals surface area contributed by atoms with Crippen LogP contribution in [0.2, 0.25) is 0 Å². The van der Waals surface area contributed by atoms with Gasteiger partial charge in [0.15, 0.2) is 0 Å². The van der Waals surface area contributed by atoms with Gasteiger partial charge in [0.2, 0.25) is 0 Å². The number of benzene rings is 1. The van der Waals surface area contributed by atoms with Gasteiger partial charge in [-0.1, -0.05) is 18.2 Å². The highest BCUT2D eigenvalue weighted by Crippen LogP contribution is 2.13. The molecule has 20 heavy (non-hydrogen) atoms. The fraction of sp³-hybridized carbons (Fsp3) is 0.154. The summed E-state index contributed by atoms with van der Waals surface area (Å²) < 4.78 is 29.0. The standard InChI is InChI=1S/C13H14N2O4S/c1-9-8-12(10(2)19-9)13(16)14-15-20(17,18)11-6-4-3-5-7-11/h3-8,15H,1-2H3,(H,14,16). The summed E-state index contributed by atoms with van der Waals surface area (Å²) in [5.41, 5.74) is 2.45. The zero-order chi connectivity index (χ0) is 14.8. The van der Waals surface area contributed by atoms with E-state index >= 15 is 0 Å². The van der Waals surface area contributed by atoms with E-state index in [4.69, 9.17) is 4.42 Å². The molecule has 1 aromatic heterocycles. The minimum Gasteiger partial charge on any atom is -0.466 e. The van der Waals surface area contributed by atoms with Gasteiger partial charge in [0, 0.05) is 0 Å². The summed E-state index contributed by atoms with van der Waals surface area (Å²) in [6.45, 7) is 3.34. The topological polar surface area (TPSA) is 88.4 Å². The van der Waals surface area contributed by atoms with Crippen LogP contribution in [-0.4, -0.2) is 14.3 Å². The average molecular weight is 294 g/mol. The molecule has 0 atom stereocenters. The molecule has 106 valence electrons. The predicted octanol–water partition coefficient (Wildman–Crippen LogP) is 1.52. The number of hydrogen-bond donors (Lipinski definition) is 2. The van der Waals surface area contributed by atoms with Crippen LogP contribution < -0.4 is 10.3 Å². The van der Waals surface area contributed by atoms with Gasteiger partial charge in [-0.15, -0.1) is 4.83 Å². The van der Waals surface area contributed by atoms with Crippen molar-refractivity contribution in [2.24, 2.45) is 0 Å². The molecule has 0 radical (unpaired) electrons. The molecule has 0 aliphatic heterocycles. The maximum atomic E-state index is 11.9. The number of furan rings is 1. The Morgan fingerprint density at radius 2 is 1.80 bits per heavy atom. The van der Waals surface area contributed by atoms with Crippen LogP contribution in [0.15, 0.2) is 45.7 Å². The normalized spacial score (nSPS) is 11.3. The molecular formula is C13H14N2O4S. The highest BCUT2D eigenvalue weighted by molar-refractivity contribution is 7.89. The van der Waals surface area contributed by atoms with E-state index in [1.54, 1.807) is 38.1 Å². The average Bonchev–Trinajstić information content (AvgIpc) is 2.76. The summed E-state index contributed by atoms with van der Waals surface area (Å²) in [6, 6.07) is 9.31. The summed E-state index contributed by atoms with van der Waals surface area (Å²) in [5, 5.41) is 0. The van der Waals surface area contributed by atoms with Crippen LogP contribution in [-0.2, 0) is 10.0 Å². The highest BCUT2D eigenvalue weighted by Gasteiger charge is 2.17. The zero-order valence-corrected chi connectivity index (χ0v) is 11.8. The van der Waals surface area contributed by atoms with E-state index in [1.165, 1.54) is 12.1 Å². The number of nitrogens with one attached hydrogen (secondary N) is 2. The SMILES string of the molecule is Cc1cc(C(=O)NNS(=O)(=O)c2ccccc2)c(C)o1. The van der Waals surface area contributed by atoms with Gasteiger partial charge in [-0.2, -0.15) is 0 Å². The third-order valence-electron chi connectivity index (χ3n) is 2.64. The molecule has 0 unspecified atom stereocenters. The Kier molecular flexibility index (Phi) is 3.91. The first-order chi connectivity index (χ1) is 9.40. The Balaban J connectivity index is 2.09. The summed E-state index contributed by atoms with van der Waals surface area (Å²) >= 11 is 0. The van der Waals surface area contributed by atoms with E-state index in [-0.39, 0.29) is 4.90 Å². The maximum Gasteiger partial charge on any atom is 0.269 e. The van der Waals surface area contributed by atoms with E-state index in [0.29, 0.717) is 17.1 Å². The third kappa shape index (κ3) is 3.06. The molecule has 2 N–H and O–H groups in total. The summed E-state index contributed by atoms with van der Waals surface area (Å²) in [4.78, 5) is 14.0. The van der Waals surface area contributed by atoms with Gasteiger partial charge >= 0.3 is 0 Å². The van der Waals surface area contributed by atoms with Crippen molar-refractivity contribution in [3.05, 3.63) is 53.5 Å². The molecule has 1 heterocycles. The molecule has 0 fully saturated rings. The lowest BCUT2D eigenvalue weighted by Gasteiger charge is -2.07. The number of carbonyl (C=O) groups excluding carboxylic acids is 1. The Hall–Kier alpha value is -2.12. The number of amides is 1. The van der Waals surface area contributed by atoms with E-state index < -0.39 is 15.9 Å². The molecule has 1 aromatic carbocycles. The molecule has 2 rings (SSSR count). The number of hydrogen-bond acceptors (Lipinski definition) is 4. The van der Waals surface area contributed by atoms with Crippen molar-refractivity contribution in [1.82, 2.24) is 10.3 Å². The highest BCUT2D eigenvalue weighted by atomic mass is 32.2. The van der Waals surface area contributed by atoms with Crippen molar-refractivity contribution in [1.29, 1.82) is 0 Å². The molecule has 1 amide bonds. The molecule has 0 spiro atoms.